The molecule has 2 saturated heterocycles. The first-order valence-corrected chi connectivity index (χ1v) is 10.6. The molecular weight excluding hydrogens is 378 g/mol. The van der Waals surface area contributed by atoms with Crippen molar-refractivity contribution in [3.63, 3.8) is 0 Å². The molecule has 2 amide bonds. The van der Waals surface area contributed by atoms with Crippen LogP contribution in [0.5, 0.6) is 0 Å². The van der Waals surface area contributed by atoms with Gasteiger partial charge in [-0.15, -0.1) is 11.3 Å². The second-order valence-electron chi connectivity index (χ2n) is 7.40. The molecule has 0 aliphatic carbocycles. The maximum atomic E-state index is 13.0. The van der Waals surface area contributed by atoms with Gasteiger partial charge in [0.1, 0.15) is 0 Å². The van der Waals surface area contributed by atoms with E-state index >= 15 is 0 Å². The third-order valence-electron chi connectivity index (χ3n) is 5.41. The van der Waals surface area contributed by atoms with E-state index in [0.29, 0.717) is 37.9 Å². The van der Waals surface area contributed by atoms with E-state index in [1.54, 1.807) is 6.92 Å². The highest BCUT2D eigenvalue weighted by atomic mass is 32.1. The topological polar surface area (TPSA) is 82.8 Å². The predicted molar refractivity (Wildman–Crippen MR) is 104 cm³/mol. The minimum absolute atomic E-state index is 0.0488. The highest BCUT2D eigenvalue weighted by molar-refractivity contribution is 7.12. The Morgan fingerprint density at radius 1 is 1.21 bits per heavy atom. The van der Waals surface area contributed by atoms with Crippen LogP contribution in [0.3, 0.4) is 0 Å². The fraction of sp³-hybridized carbons (Fsp3) is 0.579. The molecule has 2 aliphatic heterocycles. The molecule has 2 aromatic heterocycles. The Bertz CT molecular complexity index is 813. The predicted octanol–water partition coefficient (Wildman–Crippen LogP) is 1.64. The molecule has 0 N–H and O–H groups in total. The van der Waals surface area contributed by atoms with Crippen LogP contribution in [0.15, 0.2) is 22.0 Å². The second-order valence-corrected chi connectivity index (χ2v) is 8.35. The molecule has 9 heteroatoms. The van der Waals surface area contributed by atoms with Crippen LogP contribution in [0.2, 0.25) is 0 Å². The van der Waals surface area contributed by atoms with E-state index in [4.69, 9.17) is 4.52 Å². The lowest BCUT2D eigenvalue weighted by molar-refractivity contribution is -0.138. The molecule has 28 heavy (non-hydrogen) atoms. The van der Waals surface area contributed by atoms with Crippen molar-refractivity contribution >= 4 is 23.2 Å². The molecule has 0 spiro atoms. The molecule has 4 heterocycles. The lowest BCUT2D eigenvalue weighted by atomic mass is 9.96. The van der Waals surface area contributed by atoms with Gasteiger partial charge in [0.05, 0.1) is 17.3 Å². The molecule has 2 aromatic rings. The van der Waals surface area contributed by atoms with Crippen molar-refractivity contribution in [2.75, 3.05) is 39.3 Å². The Morgan fingerprint density at radius 2 is 2.04 bits per heavy atom. The van der Waals surface area contributed by atoms with Gasteiger partial charge in [-0.2, -0.15) is 4.98 Å². The van der Waals surface area contributed by atoms with Crippen molar-refractivity contribution < 1.29 is 14.1 Å². The molecule has 0 radical (unpaired) electrons. The fourth-order valence-corrected chi connectivity index (χ4v) is 4.60. The van der Waals surface area contributed by atoms with E-state index in [1.807, 2.05) is 27.3 Å². The van der Waals surface area contributed by atoms with E-state index in [1.165, 1.54) is 11.3 Å². The number of hydrogen-bond acceptors (Lipinski definition) is 7. The summed E-state index contributed by atoms with van der Waals surface area (Å²) in [5.41, 5.74) is 0. The molecule has 1 atom stereocenters. The smallest absolute Gasteiger partial charge is 0.263 e. The maximum absolute atomic E-state index is 13.0. The maximum Gasteiger partial charge on any atom is 0.263 e. The molecular formula is C19H25N5O3S. The van der Waals surface area contributed by atoms with Gasteiger partial charge in [-0.1, -0.05) is 11.2 Å². The second kappa shape index (κ2) is 8.40. The number of aromatic nitrogens is 2. The van der Waals surface area contributed by atoms with Crippen LogP contribution in [0.25, 0.3) is 0 Å². The summed E-state index contributed by atoms with van der Waals surface area (Å²) in [6.07, 6.45) is 1.74. The fourth-order valence-electron chi connectivity index (χ4n) is 3.91. The van der Waals surface area contributed by atoms with Crippen LogP contribution < -0.4 is 0 Å². The minimum atomic E-state index is -0.0935. The lowest BCUT2D eigenvalue weighted by Gasteiger charge is -2.38. The Balaban J connectivity index is 1.29. The van der Waals surface area contributed by atoms with Gasteiger partial charge < -0.3 is 14.3 Å². The average molecular weight is 404 g/mol. The van der Waals surface area contributed by atoms with Crippen LogP contribution in [-0.4, -0.2) is 75.9 Å². The van der Waals surface area contributed by atoms with Crippen molar-refractivity contribution in [2.45, 2.75) is 26.3 Å². The number of aryl methyl sites for hydroxylation is 1. The van der Waals surface area contributed by atoms with Crippen molar-refractivity contribution in [3.8, 4) is 0 Å². The number of amides is 2. The van der Waals surface area contributed by atoms with Crippen LogP contribution in [-0.2, 0) is 11.3 Å². The van der Waals surface area contributed by atoms with E-state index in [9.17, 15) is 9.59 Å². The van der Waals surface area contributed by atoms with Gasteiger partial charge in [0, 0.05) is 46.2 Å². The van der Waals surface area contributed by atoms with E-state index in [-0.39, 0.29) is 17.7 Å². The van der Waals surface area contributed by atoms with Crippen LogP contribution in [0.1, 0.15) is 34.2 Å². The summed E-state index contributed by atoms with van der Waals surface area (Å²) in [5.74, 6) is 1.39. The van der Waals surface area contributed by atoms with Crippen molar-refractivity contribution in [1.29, 1.82) is 0 Å². The molecule has 0 bridgehead atoms. The molecule has 4 rings (SSSR count). The zero-order chi connectivity index (χ0) is 19.5. The number of nitrogens with zero attached hydrogens (tertiary/aromatic N) is 5. The van der Waals surface area contributed by atoms with Gasteiger partial charge in [0.15, 0.2) is 5.82 Å². The molecule has 2 aliphatic rings. The number of thiophene rings is 1. The Kier molecular flexibility index (Phi) is 5.72. The zero-order valence-corrected chi connectivity index (χ0v) is 16.9. The Hall–Kier alpha value is -2.26. The summed E-state index contributed by atoms with van der Waals surface area (Å²) >= 11 is 1.46. The lowest BCUT2D eigenvalue weighted by Crippen LogP contribution is -2.52. The number of rotatable bonds is 4. The zero-order valence-electron chi connectivity index (χ0n) is 16.0. The first kappa shape index (κ1) is 19.1. The quantitative estimate of drug-likeness (QED) is 0.772. The van der Waals surface area contributed by atoms with E-state index < -0.39 is 0 Å². The Labute approximate surface area is 168 Å². The van der Waals surface area contributed by atoms with Crippen LogP contribution >= 0.6 is 11.3 Å². The number of carbonyl (C=O) groups is 2. The van der Waals surface area contributed by atoms with Gasteiger partial charge in [0.25, 0.3) is 5.91 Å². The van der Waals surface area contributed by atoms with E-state index in [0.717, 1.165) is 37.4 Å². The number of piperazine rings is 1. The number of piperidine rings is 1. The van der Waals surface area contributed by atoms with Gasteiger partial charge in [-0.05, 0) is 24.3 Å². The van der Waals surface area contributed by atoms with Crippen LogP contribution in [0.4, 0.5) is 0 Å². The summed E-state index contributed by atoms with van der Waals surface area (Å²) in [4.78, 5) is 36.6. The highest BCUT2D eigenvalue weighted by Crippen LogP contribution is 2.23. The first-order chi connectivity index (χ1) is 13.6. The third kappa shape index (κ3) is 4.25. The SMILES string of the molecule is Cc1nc(CN2CCN(C(=O)C3CCCN(C(=O)c4cccs4)C3)CC2)no1. The molecule has 150 valence electrons. The number of carbonyl (C=O) groups excluding carboxylic acids is 2. The van der Waals surface area contributed by atoms with Gasteiger partial charge >= 0.3 is 0 Å². The normalized spacial score (nSPS) is 21.1. The molecule has 8 nitrogen and oxygen atoms in total. The Morgan fingerprint density at radius 3 is 2.71 bits per heavy atom. The summed E-state index contributed by atoms with van der Waals surface area (Å²) < 4.78 is 5.02. The average Bonchev–Trinajstić information content (AvgIpc) is 3.40. The largest absolute Gasteiger partial charge is 0.340 e. The third-order valence-corrected chi connectivity index (χ3v) is 6.27. The highest BCUT2D eigenvalue weighted by Gasteiger charge is 2.33. The van der Waals surface area contributed by atoms with Gasteiger partial charge in [0.2, 0.25) is 11.8 Å². The molecule has 2 fully saturated rings. The number of hydrogen-bond donors (Lipinski definition) is 0. The van der Waals surface area contributed by atoms with Gasteiger partial charge in [-0.3, -0.25) is 14.5 Å². The summed E-state index contributed by atoms with van der Waals surface area (Å²) in [7, 11) is 0. The van der Waals surface area contributed by atoms with Crippen molar-refractivity contribution in [2.24, 2.45) is 5.92 Å². The minimum Gasteiger partial charge on any atom is -0.340 e. The van der Waals surface area contributed by atoms with Crippen LogP contribution in [0, 0.1) is 12.8 Å². The standard InChI is InChI=1S/C19H25N5O3S/c1-14-20-17(21-27-14)13-22-7-9-23(10-8-22)18(25)15-4-2-6-24(12-15)19(26)16-5-3-11-28-16/h3,5,11,15H,2,4,6-10,12-13H2,1H3. The van der Waals surface area contributed by atoms with Crippen molar-refractivity contribution in [3.05, 3.63) is 34.1 Å². The van der Waals surface area contributed by atoms with Gasteiger partial charge in [-0.25, -0.2) is 0 Å². The van der Waals surface area contributed by atoms with Crippen molar-refractivity contribution in [1.82, 2.24) is 24.8 Å². The molecule has 0 saturated carbocycles. The number of likely N-dealkylation sites (tertiary alicyclic amines) is 1. The summed E-state index contributed by atoms with van der Waals surface area (Å²) in [6, 6.07) is 3.74. The summed E-state index contributed by atoms with van der Waals surface area (Å²) in [6.45, 7) is 6.68. The first-order valence-electron chi connectivity index (χ1n) is 9.73. The monoisotopic (exact) mass is 403 g/mol. The molecule has 1 unspecified atom stereocenters. The summed E-state index contributed by atoms with van der Waals surface area (Å²) in [5, 5.41) is 5.85. The van der Waals surface area contributed by atoms with E-state index in [2.05, 4.69) is 15.0 Å². The molecule has 0 aromatic carbocycles.